The zero-order valence-corrected chi connectivity index (χ0v) is 7.90. The van der Waals surface area contributed by atoms with Crippen LogP contribution in [0.3, 0.4) is 0 Å². The van der Waals surface area contributed by atoms with Gasteiger partial charge in [0.2, 0.25) is 0 Å². The zero-order valence-electron chi connectivity index (χ0n) is 7.90. The highest BCUT2D eigenvalue weighted by atomic mass is 16.6. The van der Waals surface area contributed by atoms with Crippen LogP contribution in [0.1, 0.15) is 20.8 Å². The molecule has 0 N–H and O–H groups in total. The summed E-state index contributed by atoms with van der Waals surface area (Å²) < 4.78 is 4.55. The third kappa shape index (κ3) is 4.80. The molecule has 13 heavy (non-hydrogen) atoms. The molecule has 0 spiro atoms. The molecule has 0 bridgehead atoms. The summed E-state index contributed by atoms with van der Waals surface area (Å²) in [6, 6.07) is 1.59. The lowest BCUT2D eigenvalue weighted by Crippen LogP contribution is -2.16. The van der Waals surface area contributed by atoms with Gasteiger partial charge >= 0.3 is 5.97 Å². The van der Waals surface area contributed by atoms with Crippen LogP contribution in [0.5, 0.6) is 0 Å². The third-order valence-electron chi connectivity index (χ3n) is 0.929. The second-order valence-electron chi connectivity index (χ2n) is 2.43. The molecule has 0 aromatic heterocycles. The maximum atomic E-state index is 10.9. The summed E-state index contributed by atoms with van der Waals surface area (Å²) in [5.74, 6) is -0.759. The quantitative estimate of drug-likeness (QED) is 0.369. The van der Waals surface area contributed by atoms with E-state index in [1.807, 2.05) is 0 Å². The van der Waals surface area contributed by atoms with Gasteiger partial charge in [-0.3, -0.25) is 0 Å². The van der Waals surface area contributed by atoms with Crippen LogP contribution < -0.4 is 0 Å². The number of hydrogen-bond acceptors (Lipinski definition) is 5. The van der Waals surface area contributed by atoms with E-state index in [1.54, 1.807) is 26.8 Å². The fraction of sp³-hybridized carbons (Fsp3) is 0.625. The Kier molecular flexibility index (Phi) is 5.28. The SMILES string of the molecule is CCOC(=O)/C(C#N)=N/OC(C)C. The van der Waals surface area contributed by atoms with Gasteiger partial charge in [0.1, 0.15) is 12.2 Å². The van der Waals surface area contributed by atoms with Crippen LogP contribution in [-0.2, 0) is 14.4 Å². The predicted octanol–water partition coefficient (Wildman–Crippen LogP) is 0.854. The summed E-state index contributed by atoms with van der Waals surface area (Å²) in [7, 11) is 0. The summed E-state index contributed by atoms with van der Waals surface area (Å²) in [5, 5.41) is 11.8. The molecule has 0 aromatic rings. The molecule has 0 saturated carbocycles. The molecule has 0 unspecified atom stereocenters. The number of nitriles is 1. The molecule has 0 amide bonds. The van der Waals surface area contributed by atoms with Gasteiger partial charge in [0.15, 0.2) is 0 Å². The van der Waals surface area contributed by atoms with Gasteiger partial charge in [-0.1, -0.05) is 5.16 Å². The molecule has 0 fully saturated rings. The maximum Gasteiger partial charge on any atom is 0.371 e. The molecule has 0 atom stereocenters. The van der Waals surface area contributed by atoms with Crippen molar-refractivity contribution in [2.45, 2.75) is 26.9 Å². The molecule has 0 saturated heterocycles. The molecular weight excluding hydrogens is 172 g/mol. The first-order valence-corrected chi connectivity index (χ1v) is 3.92. The van der Waals surface area contributed by atoms with Crippen LogP contribution in [0.15, 0.2) is 5.16 Å². The van der Waals surface area contributed by atoms with E-state index in [1.165, 1.54) is 0 Å². The highest BCUT2D eigenvalue weighted by Crippen LogP contribution is 1.91. The van der Waals surface area contributed by atoms with Crippen molar-refractivity contribution in [3.63, 3.8) is 0 Å². The number of esters is 1. The van der Waals surface area contributed by atoms with E-state index in [4.69, 9.17) is 10.1 Å². The van der Waals surface area contributed by atoms with E-state index < -0.39 is 5.97 Å². The Balaban J connectivity index is 4.26. The van der Waals surface area contributed by atoms with E-state index in [2.05, 4.69) is 9.89 Å². The number of hydrogen-bond donors (Lipinski definition) is 0. The molecule has 0 rings (SSSR count). The molecule has 5 nitrogen and oxygen atoms in total. The minimum absolute atomic E-state index is 0.169. The van der Waals surface area contributed by atoms with Crippen LogP contribution in [0.4, 0.5) is 0 Å². The zero-order chi connectivity index (χ0) is 10.3. The normalized spacial score (nSPS) is 10.8. The second kappa shape index (κ2) is 6.00. The van der Waals surface area contributed by atoms with Crippen molar-refractivity contribution in [3.8, 4) is 6.07 Å². The van der Waals surface area contributed by atoms with Crippen molar-refractivity contribution in [1.82, 2.24) is 0 Å². The fourth-order valence-corrected chi connectivity index (χ4v) is 0.461. The lowest BCUT2D eigenvalue weighted by molar-refractivity contribution is -0.135. The van der Waals surface area contributed by atoms with Crippen molar-refractivity contribution in [1.29, 1.82) is 5.26 Å². The molecule has 0 aliphatic carbocycles. The third-order valence-corrected chi connectivity index (χ3v) is 0.929. The van der Waals surface area contributed by atoms with Crippen molar-refractivity contribution in [2.75, 3.05) is 6.61 Å². The Morgan fingerprint density at radius 1 is 1.62 bits per heavy atom. The van der Waals surface area contributed by atoms with E-state index in [0.29, 0.717) is 0 Å². The number of carbonyl (C=O) groups excluding carboxylic acids is 1. The smallest absolute Gasteiger partial charge is 0.371 e. The van der Waals surface area contributed by atoms with Crippen molar-refractivity contribution in [3.05, 3.63) is 0 Å². The molecule has 0 radical (unpaired) electrons. The monoisotopic (exact) mass is 184 g/mol. The van der Waals surface area contributed by atoms with E-state index in [9.17, 15) is 4.79 Å². The summed E-state index contributed by atoms with van der Waals surface area (Å²) in [6.45, 7) is 5.34. The van der Waals surface area contributed by atoms with Crippen LogP contribution in [0.2, 0.25) is 0 Å². The molecule has 0 heterocycles. The van der Waals surface area contributed by atoms with Crippen LogP contribution >= 0.6 is 0 Å². The van der Waals surface area contributed by atoms with Gasteiger partial charge in [-0.25, -0.2) is 4.79 Å². The van der Waals surface area contributed by atoms with Gasteiger partial charge < -0.3 is 9.57 Å². The van der Waals surface area contributed by atoms with E-state index in [0.717, 1.165) is 0 Å². The first kappa shape index (κ1) is 11.4. The van der Waals surface area contributed by atoms with E-state index in [-0.39, 0.29) is 18.4 Å². The maximum absolute atomic E-state index is 10.9. The Bertz CT molecular complexity index is 240. The standard InChI is InChI=1S/C8H12N2O3/c1-4-12-8(11)7(5-9)10-13-6(2)3/h6H,4H2,1-3H3/b10-7+. The van der Waals surface area contributed by atoms with Gasteiger partial charge in [-0.2, -0.15) is 5.26 Å². The number of oxime groups is 1. The lowest BCUT2D eigenvalue weighted by Gasteiger charge is -2.02. The molecule has 72 valence electrons. The topological polar surface area (TPSA) is 71.7 Å². The highest BCUT2D eigenvalue weighted by Gasteiger charge is 2.12. The molecule has 0 aliphatic heterocycles. The van der Waals surface area contributed by atoms with Crippen molar-refractivity contribution in [2.24, 2.45) is 5.16 Å². The predicted molar refractivity (Wildman–Crippen MR) is 45.9 cm³/mol. The number of ether oxygens (including phenoxy) is 1. The van der Waals surface area contributed by atoms with Gasteiger partial charge in [0.05, 0.1) is 6.61 Å². The van der Waals surface area contributed by atoms with Gasteiger partial charge in [-0.15, -0.1) is 0 Å². The van der Waals surface area contributed by atoms with Crippen LogP contribution in [0, 0.1) is 11.3 Å². The summed E-state index contributed by atoms with van der Waals surface area (Å²) in [6.07, 6.45) is -0.169. The summed E-state index contributed by atoms with van der Waals surface area (Å²) >= 11 is 0. The van der Waals surface area contributed by atoms with Crippen molar-refractivity contribution < 1.29 is 14.4 Å². The molecule has 0 aliphatic rings. The number of nitrogens with zero attached hydrogens (tertiary/aromatic N) is 2. The summed E-state index contributed by atoms with van der Waals surface area (Å²) in [4.78, 5) is 15.7. The Morgan fingerprint density at radius 3 is 2.62 bits per heavy atom. The average molecular weight is 184 g/mol. The van der Waals surface area contributed by atoms with Gasteiger partial charge in [-0.05, 0) is 20.8 Å². The number of rotatable bonds is 4. The van der Waals surface area contributed by atoms with Crippen LogP contribution in [-0.4, -0.2) is 24.4 Å². The number of carbonyl (C=O) groups is 1. The summed E-state index contributed by atoms with van der Waals surface area (Å²) in [5.41, 5.74) is -0.365. The minimum Gasteiger partial charge on any atom is -0.461 e. The first-order chi connectivity index (χ1) is 6.11. The fourth-order valence-electron chi connectivity index (χ4n) is 0.461. The van der Waals surface area contributed by atoms with Crippen LogP contribution in [0.25, 0.3) is 0 Å². The first-order valence-electron chi connectivity index (χ1n) is 3.92. The lowest BCUT2D eigenvalue weighted by atomic mass is 10.4. The molecular formula is C8H12N2O3. The second-order valence-corrected chi connectivity index (χ2v) is 2.43. The largest absolute Gasteiger partial charge is 0.461 e. The minimum atomic E-state index is -0.759. The van der Waals surface area contributed by atoms with Gasteiger partial charge in [0.25, 0.3) is 5.71 Å². The Morgan fingerprint density at radius 2 is 2.23 bits per heavy atom. The molecule has 5 heteroatoms. The van der Waals surface area contributed by atoms with E-state index >= 15 is 0 Å². The average Bonchev–Trinajstić information content (AvgIpc) is 2.05. The Hall–Kier alpha value is -1.57. The van der Waals surface area contributed by atoms with Crippen molar-refractivity contribution >= 4 is 11.7 Å². The Labute approximate surface area is 76.9 Å². The molecule has 0 aromatic carbocycles. The highest BCUT2D eigenvalue weighted by molar-refractivity contribution is 6.42. The van der Waals surface area contributed by atoms with Gasteiger partial charge in [0, 0.05) is 0 Å².